The third kappa shape index (κ3) is 4.80. The molecule has 244 valence electrons. The number of fused-ring (bicyclic) bond motifs is 5. The molecule has 0 unspecified atom stereocenters. The van der Waals surface area contributed by atoms with Crippen molar-refractivity contribution in [2.24, 2.45) is 28.6 Å². The lowest BCUT2D eigenvalue weighted by Gasteiger charge is -2.62. The lowest BCUT2D eigenvalue weighted by Crippen LogP contribution is -2.63. The van der Waals surface area contributed by atoms with Crippen molar-refractivity contribution in [3.63, 3.8) is 0 Å². The second kappa shape index (κ2) is 11.6. The number of aliphatic hydroxyl groups excluding tert-OH is 4. The fourth-order valence-electron chi connectivity index (χ4n) is 10.1. The molecule has 1 saturated heterocycles. The van der Waals surface area contributed by atoms with Crippen molar-refractivity contribution in [1.29, 1.82) is 0 Å². The Labute approximate surface area is 255 Å². The second-order valence-electron chi connectivity index (χ2n) is 14.0. The van der Waals surface area contributed by atoms with Gasteiger partial charge in [-0.25, -0.2) is 4.79 Å². The van der Waals surface area contributed by atoms with Gasteiger partial charge in [0.1, 0.15) is 36.8 Å². The molecule has 4 aliphatic carbocycles. The molecule has 6 rings (SSSR count). The highest BCUT2D eigenvalue weighted by Crippen LogP contribution is 2.70. The zero-order chi connectivity index (χ0) is 31.6. The van der Waals surface area contributed by atoms with E-state index >= 15 is 0 Å². The number of carbonyl (C=O) groups is 2. The van der Waals surface area contributed by atoms with Gasteiger partial charge in [-0.3, -0.25) is 4.79 Å². The molecule has 5 fully saturated rings. The molecule has 1 aliphatic heterocycles. The van der Waals surface area contributed by atoms with Crippen molar-refractivity contribution >= 4 is 12.3 Å². The van der Waals surface area contributed by atoms with E-state index in [-0.39, 0.29) is 30.3 Å². The molecule has 4 saturated carbocycles. The van der Waals surface area contributed by atoms with E-state index in [1.165, 1.54) is 19.3 Å². The van der Waals surface area contributed by atoms with Crippen molar-refractivity contribution in [2.75, 3.05) is 6.61 Å². The van der Waals surface area contributed by atoms with Gasteiger partial charge in [0, 0.05) is 36.2 Å². The highest BCUT2D eigenvalue weighted by atomic mass is 16.7. The highest BCUT2D eigenvalue weighted by Gasteiger charge is 2.71. The Kier molecular flexibility index (Phi) is 8.35. The maximum atomic E-state index is 13.1. The molecule has 1 aromatic rings. The third-order valence-electron chi connectivity index (χ3n) is 12.2. The van der Waals surface area contributed by atoms with Crippen molar-refractivity contribution in [1.82, 2.24) is 0 Å². The van der Waals surface area contributed by atoms with Crippen LogP contribution in [0, 0.1) is 28.6 Å². The molecule has 0 amide bonds. The summed E-state index contributed by atoms with van der Waals surface area (Å²) < 4.78 is 22.7. The van der Waals surface area contributed by atoms with Crippen molar-refractivity contribution in [2.45, 2.75) is 120 Å². The number of rotatable bonds is 6. The van der Waals surface area contributed by atoms with Gasteiger partial charge in [-0.05, 0) is 74.3 Å². The minimum absolute atomic E-state index is 0.0392. The quantitative estimate of drug-likeness (QED) is 0.171. The minimum Gasteiger partial charge on any atom is -0.462 e. The van der Waals surface area contributed by atoms with Crippen LogP contribution in [0.5, 0.6) is 0 Å². The Morgan fingerprint density at radius 2 is 1.84 bits per heavy atom. The molecule has 1 aromatic heterocycles. The first kappa shape index (κ1) is 31.8. The van der Waals surface area contributed by atoms with E-state index in [0.29, 0.717) is 50.5 Å². The van der Waals surface area contributed by atoms with Gasteiger partial charge in [0.25, 0.3) is 0 Å². The first-order valence-corrected chi connectivity index (χ1v) is 15.8. The van der Waals surface area contributed by atoms with Crippen LogP contribution in [0.25, 0.3) is 0 Å². The maximum Gasteiger partial charge on any atom is 0.335 e. The summed E-state index contributed by atoms with van der Waals surface area (Å²) in [5.41, 5.74) is -2.42. The summed E-state index contributed by atoms with van der Waals surface area (Å²) in [4.78, 5) is 37.0. The third-order valence-corrected chi connectivity index (χ3v) is 12.2. The van der Waals surface area contributed by atoms with Gasteiger partial charge in [0.15, 0.2) is 6.29 Å². The Morgan fingerprint density at radius 1 is 1.07 bits per heavy atom. The molecule has 5 N–H and O–H groups in total. The summed E-state index contributed by atoms with van der Waals surface area (Å²) in [5, 5.41) is 53.0. The van der Waals surface area contributed by atoms with E-state index < -0.39 is 77.4 Å². The fraction of sp³-hybridized carbons (Fsp3) is 0.781. The summed E-state index contributed by atoms with van der Waals surface area (Å²) >= 11 is 0. The van der Waals surface area contributed by atoms with Crippen LogP contribution in [0.1, 0.15) is 76.7 Å². The highest BCUT2D eigenvalue weighted by molar-refractivity contribution is 5.66. The van der Waals surface area contributed by atoms with E-state index in [0.717, 1.165) is 6.29 Å². The minimum atomic E-state index is -1.53. The van der Waals surface area contributed by atoms with Crippen molar-refractivity contribution in [3.8, 4) is 0 Å². The molecule has 0 bridgehead atoms. The lowest BCUT2D eigenvalue weighted by atomic mass is 9.43. The predicted octanol–water partition coefficient (Wildman–Crippen LogP) is 0.787. The van der Waals surface area contributed by atoms with Crippen LogP contribution in [-0.2, 0) is 23.8 Å². The summed E-state index contributed by atoms with van der Waals surface area (Å²) in [5.74, 6) is -1.21. The zero-order valence-corrected chi connectivity index (χ0v) is 25.1. The van der Waals surface area contributed by atoms with Crippen LogP contribution in [0.2, 0.25) is 0 Å². The second-order valence-corrected chi connectivity index (χ2v) is 14.0. The van der Waals surface area contributed by atoms with E-state index in [1.54, 1.807) is 6.07 Å². The molecule has 0 spiro atoms. The van der Waals surface area contributed by atoms with Crippen LogP contribution >= 0.6 is 0 Å². The first-order chi connectivity index (χ1) is 20.9. The molecular formula is C32H44O12. The van der Waals surface area contributed by atoms with Gasteiger partial charge in [0.2, 0.25) is 0 Å². The lowest BCUT2D eigenvalue weighted by molar-refractivity contribution is -0.316. The molecule has 12 heteroatoms. The predicted molar refractivity (Wildman–Crippen MR) is 151 cm³/mol. The number of hydrogen-bond acceptors (Lipinski definition) is 12. The first-order valence-electron chi connectivity index (χ1n) is 15.8. The molecule has 14 atom stereocenters. The smallest absolute Gasteiger partial charge is 0.335 e. The molecule has 12 nitrogen and oxygen atoms in total. The number of aliphatic hydroxyl groups is 5. The summed E-state index contributed by atoms with van der Waals surface area (Å²) in [6, 6.07) is 3.01. The Morgan fingerprint density at radius 3 is 2.50 bits per heavy atom. The van der Waals surface area contributed by atoms with Crippen LogP contribution in [0.3, 0.4) is 0 Å². The number of carbonyl (C=O) groups excluding carboxylic acids is 2. The maximum absolute atomic E-state index is 13.1. The Hall–Kier alpha value is -2.19. The molecule has 5 aliphatic rings. The molecule has 2 heterocycles. The van der Waals surface area contributed by atoms with Crippen molar-refractivity contribution in [3.05, 3.63) is 34.4 Å². The number of esters is 1. The SMILES string of the molecule is CC(=O)O[C@H]1C[C@]2(O)[C@@H]3CC[C@H]4C[C@@H](O[C@@H]5O[C@H](CO)[C@@H](O)[C@H](O)[C@H]5O)CC[C@]4(C=O)[C@H]3CC[C@]2(C)[C@H]1c1ccc(=O)oc1. The van der Waals surface area contributed by atoms with Gasteiger partial charge in [-0.15, -0.1) is 0 Å². The number of aldehydes is 1. The largest absolute Gasteiger partial charge is 0.462 e. The van der Waals surface area contributed by atoms with Crippen LogP contribution in [0.4, 0.5) is 0 Å². The summed E-state index contributed by atoms with van der Waals surface area (Å²) in [6.45, 7) is 2.82. The zero-order valence-electron chi connectivity index (χ0n) is 25.1. The summed E-state index contributed by atoms with van der Waals surface area (Å²) in [7, 11) is 0. The van der Waals surface area contributed by atoms with Gasteiger partial charge in [0.05, 0.1) is 24.6 Å². The van der Waals surface area contributed by atoms with Gasteiger partial charge >= 0.3 is 11.6 Å². The summed E-state index contributed by atoms with van der Waals surface area (Å²) in [6.07, 6.45) is -0.991. The van der Waals surface area contributed by atoms with E-state index in [2.05, 4.69) is 0 Å². The average molecular weight is 621 g/mol. The Balaban J connectivity index is 1.24. The standard InChI is InChI=1S/C32H44O12/c1-16(35)42-22-12-32(40)21-5-4-18-11-19(43-29-28(39)27(38)26(37)23(13-33)44-29)7-10-31(18,15-34)20(21)8-9-30(32,2)25(22)17-3-6-24(36)41-14-17/h3,6,14-15,18-23,25-29,33,37-40H,4-5,7-13H2,1-2H3/t18-,19-,20-,21+,22-,23+,25-,26+,27-,28+,29+,30+,31+,32-/m0/s1. The monoisotopic (exact) mass is 620 g/mol. The molecular weight excluding hydrogens is 576 g/mol. The average Bonchev–Trinajstić information content (AvgIpc) is 3.23. The van der Waals surface area contributed by atoms with Crippen LogP contribution in [-0.4, -0.2) is 92.9 Å². The number of hydrogen-bond donors (Lipinski definition) is 5. The van der Waals surface area contributed by atoms with E-state index in [4.69, 9.17) is 18.6 Å². The topological polar surface area (TPSA) is 193 Å². The van der Waals surface area contributed by atoms with Gasteiger partial charge in [-0.1, -0.05) is 6.92 Å². The normalized spacial score (nSPS) is 48.5. The molecule has 0 aromatic carbocycles. The van der Waals surface area contributed by atoms with Crippen LogP contribution < -0.4 is 5.63 Å². The molecule has 0 radical (unpaired) electrons. The van der Waals surface area contributed by atoms with Gasteiger partial charge in [-0.2, -0.15) is 0 Å². The van der Waals surface area contributed by atoms with E-state index in [1.807, 2.05) is 6.92 Å². The fourth-order valence-corrected chi connectivity index (χ4v) is 10.1. The van der Waals surface area contributed by atoms with Crippen molar-refractivity contribution < 1.29 is 53.7 Å². The van der Waals surface area contributed by atoms with Gasteiger partial charge < -0.3 is 49.0 Å². The van der Waals surface area contributed by atoms with E-state index in [9.17, 15) is 39.9 Å². The van der Waals surface area contributed by atoms with Crippen LogP contribution in [0.15, 0.2) is 27.6 Å². The Bertz CT molecular complexity index is 1280. The molecule has 44 heavy (non-hydrogen) atoms. The number of ether oxygens (including phenoxy) is 3.